The van der Waals surface area contributed by atoms with Crippen LogP contribution in [0.2, 0.25) is 5.02 Å². The third kappa shape index (κ3) is 3.95. The molecule has 2 aromatic carbocycles. The number of benzene rings is 2. The number of hydrogen-bond donors (Lipinski definition) is 1. The van der Waals surface area contributed by atoms with Crippen LogP contribution in [0.4, 0.5) is 4.39 Å². The average Bonchev–Trinajstić information content (AvgIpc) is 2.41. The van der Waals surface area contributed by atoms with Gasteiger partial charge in [0.1, 0.15) is 17.3 Å². The van der Waals surface area contributed by atoms with Crippen LogP contribution in [0.25, 0.3) is 0 Å². The molecular weight excluding hydrogens is 345 g/mol. The maximum absolute atomic E-state index is 13.1. The van der Waals surface area contributed by atoms with Crippen LogP contribution in [0.15, 0.2) is 40.9 Å². The Hall–Kier alpha value is -1.10. The van der Waals surface area contributed by atoms with Gasteiger partial charge >= 0.3 is 0 Å². The van der Waals surface area contributed by atoms with E-state index in [1.807, 2.05) is 19.1 Å². The molecule has 0 aliphatic heterocycles. The van der Waals surface area contributed by atoms with Gasteiger partial charge < -0.3 is 10.1 Å². The van der Waals surface area contributed by atoms with E-state index < -0.39 is 0 Å². The summed E-state index contributed by atoms with van der Waals surface area (Å²) in [5.74, 6) is 0.889. The lowest BCUT2D eigenvalue weighted by Gasteiger charge is -2.13. The zero-order valence-corrected chi connectivity index (χ0v) is 13.3. The molecule has 0 amide bonds. The molecule has 0 aliphatic rings. The van der Waals surface area contributed by atoms with Gasteiger partial charge in [0.15, 0.2) is 0 Å². The molecule has 20 heavy (non-hydrogen) atoms. The maximum atomic E-state index is 13.1. The smallest absolute Gasteiger partial charge is 0.141 e. The van der Waals surface area contributed by atoms with Gasteiger partial charge in [-0.2, -0.15) is 0 Å². The highest BCUT2D eigenvalue weighted by atomic mass is 79.9. The quantitative estimate of drug-likeness (QED) is 0.798. The molecule has 2 nitrogen and oxygen atoms in total. The van der Waals surface area contributed by atoms with Crippen LogP contribution in [0, 0.1) is 5.82 Å². The monoisotopic (exact) mass is 357 g/mol. The molecule has 0 bridgehead atoms. The summed E-state index contributed by atoms with van der Waals surface area (Å²) in [7, 11) is 0. The predicted molar refractivity (Wildman–Crippen MR) is 83.0 cm³/mol. The Kier molecular flexibility index (Phi) is 5.40. The largest absolute Gasteiger partial charge is 0.456 e. The summed E-state index contributed by atoms with van der Waals surface area (Å²) < 4.78 is 19.5. The summed E-state index contributed by atoms with van der Waals surface area (Å²) in [5.41, 5.74) is 0.993. The minimum atomic E-state index is -0.316. The zero-order chi connectivity index (χ0) is 14.5. The van der Waals surface area contributed by atoms with Crippen molar-refractivity contribution in [2.45, 2.75) is 13.5 Å². The lowest BCUT2D eigenvalue weighted by molar-refractivity contribution is 0.468. The van der Waals surface area contributed by atoms with Crippen molar-refractivity contribution < 1.29 is 9.13 Å². The van der Waals surface area contributed by atoms with E-state index in [1.165, 1.54) is 12.1 Å². The summed E-state index contributed by atoms with van der Waals surface area (Å²) in [4.78, 5) is 0. The normalized spacial score (nSPS) is 10.6. The van der Waals surface area contributed by atoms with E-state index in [0.717, 1.165) is 12.1 Å². The Balaban J connectivity index is 2.29. The molecule has 5 heteroatoms. The molecule has 2 aromatic rings. The van der Waals surface area contributed by atoms with Gasteiger partial charge in [-0.1, -0.05) is 24.6 Å². The van der Waals surface area contributed by atoms with E-state index in [2.05, 4.69) is 21.2 Å². The molecule has 0 radical (unpaired) electrons. The third-order valence-corrected chi connectivity index (χ3v) is 3.56. The molecule has 106 valence electrons. The second-order valence-electron chi connectivity index (χ2n) is 4.21. The van der Waals surface area contributed by atoms with Crippen LogP contribution in [-0.2, 0) is 6.54 Å². The van der Waals surface area contributed by atoms with Gasteiger partial charge in [-0.25, -0.2) is 4.39 Å². The average molecular weight is 359 g/mol. The number of halogens is 3. The third-order valence-electron chi connectivity index (χ3n) is 2.71. The molecule has 0 saturated carbocycles. The predicted octanol–water partition coefficient (Wildman–Crippen LogP) is 5.14. The first kappa shape index (κ1) is 15.3. The van der Waals surface area contributed by atoms with Crippen molar-refractivity contribution in [1.82, 2.24) is 5.32 Å². The Morgan fingerprint density at radius 2 is 2.00 bits per heavy atom. The minimum absolute atomic E-state index is 0.316. The van der Waals surface area contributed by atoms with Crippen molar-refractivity contribution >= 4 is 27.5 Å². The standard InChI is InChI=1S/C15H14BrClFNO/c1-2-19-9-10-3-4-11(17)7-15(10)20-14-6-5-12(18)8-13(14)16/h3-8,19H,2,9H2,1H3. The molecule has 0 fully saturated rings. The van der Waals surface area contributed by atoms with Gasteiger partial charge in [0.05, 0.1) is 4.47 Å². The van der Waals surface area contributed by atoms with E-state index in [0.29, 0.717) is 27.5 Å². The zero-order valence-electron chi connectivity index (χ0n) is 10.9. The highest BCUT2D eigenvalue weighted by molar-refractivity contribution is 9.10. The molecule has 0 saturated heterocycles. The van der Waals surface area contributed by atoms with Gasteiger partial charge in [-0.3, -0.25) is 0 Å². The number of ether oxygens (including phenoxy) is 1. The molecule has 0 aromatic heterocycles. The lowest BCUT2D eigenvalue weighted by Crippen LogP contribution is -2.12. The lowest BCUT2D eigenvalue weighted by atomic mass is 10.2. The first-order valence-electron chi connectivity index (χ1n) is 6.22. The van der Waals surface area contributed by atoms with Crippen LogP contribution < -0.4 is 10.1 Å². The Morgan fingerprint density at radius 3 is 2.70 bits per heavy atom. The Morgan fingerprint density at radius 1 is 1.20 bits per heavy atom. The van der Waals surface area contributed by atoms with Gasteiger partial charge in [0.2, 0.25) is 0 Å². The van der Waals surface area contributed by atoms with E-state index in [-0.39, 0.29) is 5.82 Å². The topological polar surface area (TPSA) is 21.3 Å². The van der Waals surface area contributed by atoms with Crippen molar-refractivity contribution in [3.63, 3.8) is 0 Å². The summed E-state index contributed by atoms with van der Waals surface area (Å²) in [5, 5.41) is 3.83. The van der Waals surface area contributed by atoms with Gasteiger partial charge in [-0.15, -0.1) is 0 Å². The first-order chi connectivity index (χ1) is 9.60. The minimum Gasteiger partial charge on any atom is -0.456 e. The van der Waals surface area contributed by atoms with Crippen LogP contribution in [-0.4, -0.2) is 6.54 Å². The van der Waals surface area contributed by atoms with Crippen molar-refractivity contribution in [1.29, 1.82) is 0 Å². The van der Waals surface area contributed by atoms with E-state index in [1.54, 1.807) is 12.1 Å². The van der Waals surface area contributed by atoms with Crippen LogP contribution in [0.5, 0.6) is 11.5 Å². The number of nitrogens with one attached hydrogen (secondary N) is 1. The van der Waals surface area contributed by atoms with E-state index in [9.17, 15) is 4.39 Å². The molecule has 0 heterocycles. The highest BCUT2D eigenvalue weighted by Gasteiger charge is 2.09. The van der Waals surface area contributed by atoms with Crippen LogP contribution >= 0.6 is 27.5 Å². The second kappa shape index (κ2) is 7.07. The molecular formula is C15H14BrClFNO. The Bertz CT molecular complexity index is 606. The van der Waals surface area contributed by atoms with Crippen molar-refractivity contribution in [2.24, 2.45) is 0 Å². The maximum Gasteiger partial charge on any atom is 0.141 e. The fourth-order valence-electron chi connectivity index (χ4n) is 1.71. The number of hydrogen-bond acceptors (Lipinski definition) is 2. The van der Waals surface area contributed by atoms with Gasteiger partial charge in [0, 0.05) is 17.1 Å². The molecule has 1 N–H and O–H groups in total. The van der Waals surface area contributed by atoms with Crippen LogP contribution in [0.1, 0.15) is 12.5 Å². The SMILES string of the molecule is CCNCc1ccc(Cl)cc1Oc1ccc(F)cc1Br. The van der Waals surface area contributed by atoms with Crippen molar-refractivity contribution in [3.8, 4) is 11.5 Å². The highest BCUT2D eigenvalue weighted by Crippen LogP contribution is 2.33. The fraction of sp³-hybridized carbons (Fsp3) is 0.200. The van der Waals surface area contributed by atoms with Crippen molar-refractivity contribution in [3.05, 3.63) is 57.3 Å². The molecule has 0 unspecified atom stereocenters. The molecule has 0 atom stereocenters. The molecule has 0 aliphatic carbocycles. The Labute approximate surface area is 131 Å². The fourth-order valence-corrected chi connectivity index (χ4v) is 2.30. The first-order valence-corrected chi connectivity index (χ1v) is 7.39. The van der Waals surface area contributed by atoms with Crippen molar-refractivity contribution in [2.75, 3.05) is 6.54 Å². The van der Waals surface area contributed by atoms with Crippen LogP contribution in [0.3, 0.4) is 0 Å². The summed E-state index contributed by atoms with van der Waals surface area (Å²) in [6.45, 7) is 3.58. The van der Waals surface area contributed by atoms with Gasteiger partial charge in [0.25, 0.3) is 0 Å². The second-order valence-corrected chi connectivity index (χ2v) is 5.50. The molecule has 2 rings (SSSR count). The summed E-state index contributed by atoms with van der Waals surface area (Å²) in [6.07, 6.45) is 0. The van der Waals surface area contributed by atoms with Gasteiger partial charge in [-0.05, 0) is 52.8 Å². The van der Waals surface area contributed by atoms with E-state index >= 15 is 0 Å². The summed E-state index contributed by atoms with van der Waals surface area (Å²) in [6, 6.07) is 9.79. The molecule has 0 spiro atoms. The summed E-state index contributed by atoms with van der Waals surface area (Å²) >= 11 is 9.30. The number of rotatable bonds is 5. The van der Waals surface area contributed by atoms with E-state index in [4.69, 9.17) is 16.3 Å².